The zero-order valence-corrected chi connectivity index (χ0v) is 14.8. The molecule has 0 aliphatic rings. The molecule has 0 saturated carbocycles. The van der Waals surface area contributed by atoms with Gasteiger partial charge in [-0.2, -0.15) is 0 Å². The molecule has 1 N–H and O–H groups in total. The predicted molar refractivity (Wildman–Crippen MR) is 95.4 cm³/mol. The summed E-state index contributed by atoms with van der Waals surface area (Å²) in [6.45, 7) is 5.72. The quantitative estimate of drug-likeness (QED) is 0.787. The highest BCUT2D eigenvalue weighted by atomic mass is 16.6. The van der Waals surface area contributed by atoms with Crippen molar-refractivity contribution in [1.82, 2.24) is 5.32 Å². The molecular formula is C20H23NO4. The largest absolute Gasteiger partial charge is 0.481 e. The van der Waals surface area contributed by atoms with Crippen LogP contribution in [-0.4, -0.2) is 25.1 Å². The third kappa shape index (κ3) is 5.95. The van der Waals surface area contributed by atoms with E-state index >= 15 is 0 Å². The lowest BCUT2D eigenvalue weighted by Gasteiger charge is -2.12. The molecule has 1 amide bonds. The Morgan fingerprint density at radius 2 is 1.60 bits per heavy atom. The number of nitrogens with one attached hydrogen (secondary N) is 1. The first kappa shape index (κ1) is 18.5. The number of hydrogen-bond acceptors (Lipinski definition) is 4. The van der Waals surface area contributed by atoms with Crippen LogP contribution >= 0.6 is 0 Å². The summed E-state index contributed by atoms with van der Waals surface area (Å²) in [5, 5.41) is 2.70. The molecule has 2 aromatic carbocycles. The van der Waals surface area contributed by atoms with Gasteiger partial charge in [0.15, 0.2) is 13.2 Å². The van der Waals surface area contributed by atoms with Gasteiger partial charge in [-0.15, -0.1) is 0 Å². The van der Waals surface area contributed by atoms with Crippen LogP contribution in [0.3, 0.4) is 0 Å². The molecule has 0 spiro atoms. The van der Waals surface area contributed by atoms with Gasteiger partial charge in [-0.1, -0.05) is 48.0 Å². The van der Waals surface area contributed by atoms with E-state index in [2.05, 4.69) is 5.32 Å². The van der Waals surface area contributed by atoms with Crippen molar-refractivity contribution in [2.24, 2.45) is 0 Å². The lowest BCUT2D eigenvalue weighted by atomic mass is 10.1. The second-order valence-electron chi connectivity index (χ2n) is 5.94. The summed E-state index contributed by atoms with van der Waals surface area (Å²) < 4.78 is 10.5. The summed E-state index contributed by atoms with van der Waals surface area (Å²) in [5.74, 6) is -0.245. The van der Waals surface area contributed by atoms with Crippen molar-refractivity contribution in [1.29, 1.82) is 0 Å². The van der Waals surface area contributed by atoms with E-state index in [1.807, 2.05) is 63.2 Å². The van der Waals surface area contributed by atoms with E-state index in [0.717, 1.165) is 22.3 Å². The van der Waals surface area contributed by atoms with Gasteiger partial charge in [-0.05, 0) is 37.5 Å². The minimum absolute atomic E-state index is 0.225. The van der Waals surface area contributed by atoms with Crippen LogP contribution < -0.4 is 10.1 Å². The van der Waals surface area contributed by atoms with Crippen molar-refractivity contribution in [3.63, 3.8) is 0 Å². The summed E-state index contributed by atoms with van der Waals surface area (Å²) in [6.07, 6.45) is 0. The zero-order valence-electron chi connectivity index (χ0n) is 14.8. The summed E-state index contributed by atoms with van der Waals surface area (Å²) in [7, 11) is 0. The van der Waals surface area contributed by atoms with Gasteiger partial charge in [0, 0.05) is 6.54 Å². The summed E-state index contributed by atoms with van der Waals surface area (Å²) >= 11 is 0. The average Bonchev–Trinajstić information content (AvgIpc) is 2.58. The highest BCUT2D eigenvalue weighted by molar-refractivity contribution is 5.80. The second-order valence-corrected chi connectivity index (χ2v) is 5.94. The second kappa shape index (κ2) is 8.87. The van der Waals surface area contributed by atoms with Crippen LogP contribution in [0.4, 0.5) is 0 Å². The van der Waals surface area contributed by atoms with Crippen LogP contribution in [0.5, 0.6) is 5.75 Å². The molecule has 0 aliphatic carbocycles. The SMILES string of the molecule is Cc1cc(C)c(OCC(=O)OCC(=O)NCc2ccccc2)c(C)c1. The Kier molecular flexibility index (Phi) is 6.57. The van der Waals surface area contributed by atoms with E-state index in [1.54, 1.807) is 0 Å². The van der Waals surface area contributed by atoms with E-state index in [0.29, 0.717) is 12.3 Å². The molecule has 25 heavy (non-hydrogen) atoms. The highest BCUT2D eigenvalue weighted by Gasteiger charge is 2.11. The number of carbonyl (C=O) groups is 2. The molecule has 0 fully saturated rings. The van der Waals surface area contributed by atoms with Gasteiger partial charge in [0.25, 0.3) is 5.91 Å². The molecule has 5 heteroatoms. The molecular weight excluding hydrogens is 318 g/mol. The van der Waals surface area contributed by atoms with Gasteiger partial charge in [-0.25, -0.2) is 4.79 Å². The lowest BCUT2D eigenvalue weighted by molar-refractivity contribution is -0.150. The number of esters is 1. The third-order valence-electron chi connectivity index (χ3n) is 3.64. The van der Waals surface area contributed by atoms with Crippen LogP contribution in [0.25, 0.3) is 0 Å². The van der Waals surface area contributed by atoms with Crippen LogP contribution in [-0.2, 0) is 20.9 Å². The lowest BCUT2D eigenvalue weighted by Crippen LogP contribution is -2.29. The summed E-state index contributed by atoms with van der Waals surface area (Å²) in [5.41, 5.74) is 4.05. The number of hydrogen-bond donors (Lipinski definition) is 1. The van der Waals surface area contributed by atoms with E-state index in [4.69, 9.17) is 9.47 Å². The maximum atomic E-state index is 11.8. The number of carbonyl (C=O) groups excluding carboxylic acids is 2. The van der Waals surface area contributed by atoms with Crippen molar-refractivity contribution >= 4 is 11.9 Å². The molecule has 0 unspecified atom stereocenters. The van der Waals surface area contributed by atoms with Crippen molar-refractivity contribution in [3.05, 3.63) is 64.7 Å². The van der Waals surface area contributed by atoms with E-state index in [-0.39, 0.29) is 19.1 Å². The maximum Gasteiger partial charge on any atom is 0.344 e. The Morgan fingerprint density at radius 3 is 2.24 bits per heavy atom. The smallest absolute Gasteiger partial charge is 0.344 e. The van der Waals surface area contributed by atoms with Crippen molar-refractivity contribution in [3.8, 4) is 5.75 Å². The minimum atomic E-state index is -0.575. The summed E-state index contributed by atoms with van der Waals surface area (Å²) in [4.78, 5) is 23.5. The molecule has 2 rings (SSSR count). The monoisotopic (exact) mass is 341 g/mol. The molecule has 0 aromatic heterocycles. The average molecular weight is 341 g/mol. The highest BCUT2D eigenvalue weighted by Crippen LogP contribution is 2.24. The number of ether oxygens (including phenoxy) is 2. The molecule has 0 atom stereocenters. The number of benzene rings is 2. The van der Waals surface area contributed by atoms with Gasteiger partial charge >= 0.3 is 5.97 Å². The van der Waals surface area contributed by atoms with Crippen molar-refractivity contribution < 1.29 is 19.1 Å². The van der Waals surface area contributed by atoms with Gasteiger partial charge in [0.1, 0.15) is 5.75 Å². The van der Waals surface area contributed by atoms with Gasteiger partial charge in [-0.3, -0.25) is 4.79 Å². The predicted octanol–water partition coefficient (Wildman–Crippen LogP) is 2.85. The zero-order chi connectivity index (χ0) is 18.2. The Labute approximate surface area is 148 Å². The normalized spacial score (nSPS) is 10.2. The maximum absolute atomic E-state index is 11.8. The fourth-order valence-corrected chi connectivity index (χ4v) is 2.56. The van der Waals surface area contributed by atoms with E-state index < -0.39 is 5.97 Å². The van der Waals surface area contributed by atoms with Crippen LogP contribution in [0.2, 0.25) is 0 Å². The topological polar surface area (TPSA) is 64.6 Å². The Bertz CT molecular complexity index is 718. The number of rotatable bonds is 7. The van der Waals surface area contributed by atoms with Gasteiger partial charge < -0.3 is 14.8 Å². The molecule has 0 radical (unpaired) electrons. The fraction of sp³-hybridized carbons (Fsp3) is 0.300. The van der Waals surface area contributed by atoms with Crippen molar-refractivity contribution in [2.75, 3.05) is 13.2 Å². The molecule has 0 saturated heterocycles. The Hall–Kier alpha value is -2.82. The summed E-state index contributed by atoms with van der Waals surface area (Å²) in [6, 6.07) is 13.5. The number of aryl methyl sites for hydroxylation is 3. The Balaban J connectivity index is 1.73. The molecule has 0 aliphatic heterocycles. The Morgan fingerprint density at radius 1 is 0.960 bits per heavy atom. The first-order valence-corrected chi connectivity index (χ1v) is 8.12. The van der Waals surface area contributed by atoms with Crippen LogP contribution in [0.1, 0.15) is 22.3 Å². The van der Waals surface area contributed by atoms with Gasteiger partial charge in [0.2, 0.25) is 0 Å². The van der Waals surface area contributed by atoms with Gasteiger partial charge in [0.05, 0.1) is 0 Å². The standard InChI is InChI=1S/C20H23NO4/c1-14-9-15(2)20(16(3)10-14)25-13-19(23)24-12-18(22)21-11-17-7-5-4-6-8-17/h4-10H,11-13H2,1-3H3,(H,21,22). The molecule has 5 nitrogen and oxygen atoms in total. The minimum Gasteiger partial charge on any atom is -0.481 e. The van der Waals surface area contributed by atoms with Crippen LogP contribution in [0, 0.1) is 20.8 Å². The first-order chi connectivity index (χ1) is 12.0. The molecule has 0 bridgehead atoms. The molecule has 132 valence electrons. The first-order valence-electron chi connectivity index (χ1n) is 8.12. The molecule has 0 heterocycles. The van der Waals surface area contributed by atoms with E-state index in [9.17, 15) is 9.59 Å². The van der Waals surface area contributed by atoms with Crippen LogP contribution in [0.15, 0.2) is 42.5 Å². The van der Waals surface area contributed by atoms with Crippen molar-refractivity contribution in [2.45, 2.75) is 27.3 Å². The van der Waals surface area contributed by atoms with E-state index in [1.165, 1.54) is 0 Å². The fourth-order valence-electron chi connectivity index (χ4n) is 2.56. The molecule has 2 aromatic rings. The third-order valence-corrected chi connectivity index (χ3v) is 3.64. The number of amides is 1.